The minimum absolute atomic E-state index is 0.00415. The summed E-state index contributed by atoms with van der Waals surface area (Å²) in [6, 6.07) is 15.8. The minimum atomic E-state index is -0.951. The van der Waals surface area contributed by atoms with Crippen molar-refractivity contribution < 1.29 is 29.0 Å². The summed E-state index contributed by atoms with van der Waals surface area (Å²) in [6.45, 7) is 0.595. The fourth-order valence-corrected chi connectivity index (χ4v) is 5.76. The maximum atomic E-state index is 13.0. The SMILES string of the molecule is CN(C(=O)[C@H]1CC[C@@H](NC(=O)OCC2c3ccccc3-c3ccccc32)C1)C1COCC1C(=O)O. The first kappa shape index (κ1) is 23.4. The molecule has 0 spiro atoms. The lowest BCUT2D eigenvalue weighted by atomic mass is 9.98. The fraction of sp³-hybridized carbons (Fsp3) is 0.444. The van der Waals surface area contributed by atoms with Gasteiger partial charge in [0.1, 0.15) is 12.5 Å². The normalized spacial score (nSPS) is 25.1. The number of hydrogen-bond acceptors (Lipinski definition) is 5. The summed E-state index contributed by atoms with van der Waals surface area (Å²) in [4.78, 5) is 38.6. The van der Waals surface area contributed by atoms with Gasteiger partial charge in [0.05, 0.1) is 19.3 Å². The van der Waals surface area contributed by atoms with Crippen molar-refractivity contribution in [3.63, 3.8) is 0 Å². The lowest BCUT2D eigenvalue weighted by Gasteiger charge is -2.28. The molecular weight excluding hydrogens is 448 g/mol. The van der Waals surface area contributed by atoms with E-state index in [0.29, 0.717) is 19.3 Å². The first-order valence-electron chi connectivity index (χ1n) is 12.1. The molecule has 8 nitrogen and oxygen atoms in total. The number of nitrogens with one attached hydrogen (secondary N) is 1. The summed E-state index contributed by atoms with van der Waals surface area (Å²) in [6.07, 6.45) is 1.35. The van der Waals surface area contributed by atoms with E-state index in [1.54, 1.807) is 7.05 Å². The van der Waals surface area contributed by atoms with Gasteiger partial charge in [-0.1, -0.05) is 48.5 Å². The van der Waals surface area contributed by atoms with Gasteiger partial charge in [-0.05, 0) is 41.5 Å². The molecule has 8 heteroatoms. The van der Waals surface area contributed by atoms with Gasteiger partial charge in [-0.25, -0.2) is 4.79 Å². The van der Waals surface area contributed by atoms with Crippen LogP contribution in [0, 0.1) is 11.8 Å². The van der Waals surface area contributed by atoms with E-state index in [0.717, 1.165) is 11.1 Å². The lowest BCUT2D eigenvalue weighted by Crippen LogP contribution is -2.46. The number of carbonyl (C=O) groups excluding carboxylic acids is 2. The average molecular weight is 479 g/mol. The molecule has 1 saturated heterocycles. The molecule has 5 rings (SSSR count). The number of hydrogen-bond donors (Lipinski definition) is 2. The summed E-state index contributed by atoms with van der Waals surface area (Å²) in [5, 5.41) is 12.3. The second-order valence-corrected chi connectivity index (χ2v) is 9.68. The van der Waals surface area contributed by atoms with Gasteiger partial charge in [-0.15, -0.1) is 0 Å². The Bertz CT molecular complexity index is 1090. The Hall–Kier alpha value is -3.39. The van der Waals surface area contributed by atoms with E-state index in [2.05, 4.69) is 29.6 Å². The molecule has 184 valence electrons. The van der Waals surface area contributed by atoms with Gasteiger partial charge in [0.2, 0.25) is 5.91 Å². The number of aliphatic carboxylic acids is 1. The van der Waals surface area contributed by atoms with E-state index in [-0.39, 0.29) is 43.6 Å². The molecule has 4 atom stereocenters. The number of alkyl carbamates (subject to hydrolysis) is 1. The molecule has 1 aliphatic heterocycles. The third kappa shape index (κ3) is 4.50. The van der Waals surface area contributed by atoms with Crippen LogP contribution in [0.4, 0.5) is 4.79 Å². The van der Waals surface area contributed by atoms with Crippen LogP contribution in [0.2, 0.25) is 0 Å². The second-order valence-electron chi connectivity index (χ2n) is 9.68. The Balaban J connectivity index is 1.14. The van der Waals surface area contributed by atoms with Crippen molar-refractivity contribution in [1.82, 2.24) is 10.2 Å². The molecule has 1 saturated carbocycles. The molecule has 2 unspecified atom stereocenters. The monoisotopic (exact) mass is 478 g/mol. The summed E-state index contributed by atoms with van der Waals surface area (Å²) in [5.41, 5.74) is 4.67. The second kappa shape index (κ2) is 9.70. The number of amides is 2. The number of carboxylic acids is 1. The van der Waals surface area contributed by atoms with Crippen molar-refractivity contribution in [2.75, 3.05) is 26.9 Å². The van der Waals surface area contributed by atoms with E-state index >= 15 is 0 Å². The Labute approximate surface area is 204 Å². The summed E-state index contributed by atoms with van der Waals surface area (Å²) in [7, 11) is 1.64. The molecule has 2 aromatic rings. The first-order chi connectivity index (χ1) is 16.9. The zero-order chi connectivity index (χ0) is 24.5. The van der Waals surface area contributed by atoms with Crippen LogP contribution in [0.5, 0.6) is 0 Å². The molecule has 2 aliphatic carbocycles. The van der Waals surface area contributed by atoms with Crippen LogP contribution >= 0.6 is 0 Å². The van der Waals surface area contributed by atoms with E-state index in [9.17, 15) is 19.5 Å². The molecular formula is C27H30N2O6. The van der Waals surface area contributed by atoms with Crippen molar-refractivity contribution in [3.05, 3.63) is 59.7 Å². The van der Waals surface area contributed by atoms with Gasteiger partial charge in [0, 0.05) is 24.9 Å². The van der Waals surface area contributed by atoms with Crippen molar-refractivity contribution in [1.29, 1.82) is 0 Å². The van der Waals surface area contributed by atoms with Gasteiger partial charge in [0.15, 0.2) is 0 Å². The highest BCUT2D eigenvalue weighted by Gasteiger charge is 2.41. The van der Waals surface area contributed by atoms with Crippen LogP contribution in [-0.2, 0) is 19.1 Å². The van der Waals surface area contributed by atoms with Crippen LogP contribution in [0.15, 0.2) is 48.5 Å². The molecule has 35 heavy (non-hydrogen) atoms. The van der Waals surface area contributed by atoms with Gasteiger partial charge < -0.3 is 24.8 Å². The predicted octanol–water partition coefficient (Wildman–Crippen LogP) is 3.25. The zero-order valence-corrected chi connectivity index (χ0v) is 19.7. The standard InChI is InChI=1S/C27H30N2O6/c1-29(24-15-34-13-23(24)26(31)32)25(30)16-10-11-17(12-16)28-27(33)35-14-22-20-8-4-2-6-18(20)19-7-3-5-9-21(19)22/h2-9,16-17,22-24H,10-15H2,1H3,(H,28,33)(H,31,32)/t16-,17+,23?,24?/m0/s1. The Kier molecular flexibility index (Phi) is 6.47. The van der Waals surface area contributed by atoms with Crippen molar-refractivity contribution in [3.8, 4) is 11.1 Å². The number of benzene rings is 2. The number of carbonyl (C=O) groups is 3. The average Bonchev–Trinajstić information content (AvgIpc) is 3.60. The Morgan fingerprint density at radius 3 is 2.34 bits per heavy atom. The molecule has 2 N–H and O–H groups in total. The maximum absolute atomic E-state index is 13.0. The predicted molar refractivity (Wildman–Crippen MR) is 128 cm³/mol. The van der Waals surface area contributed by atoms with Gasteiger partial charge in [0.25, 0.3) is 0 Å². The number of likely N-dealkylation sites (N-methyl/N-ethyl adjacent to an activating group) is 1. The van der Waals surface area contributed by atoms with E-state index < -0.39 is 24.0 Å². The van der Waals surface area contributed by atoms with Gasteiger partial charge in [-0.3, -0.25) is 9.59 Å². The zero-order valence-electron chi connectivity index (χ0n) is 19.7. The van der Waals surface area contributed by atoms with Crippen LogP contribution in [0.25, 0.3) is 11.1 Å². The first-order valence-corrected chi connectivity index (χ1v) is 12.1. The third-order valence-corrected chi connectivity index (χ3v) is 7.66. The van der Waals surface area contributed by atoms with Crippen LogP contribution < -0.4 is 5.32 Å². The minimum Gasteiger partial charge on any atom is -0.481 e. The van der Waals surface area contributed by atoms with Crippen molar-refractivity contribution in [2.24, 2.45) is 11.8 Å². The smallest absolute Gasteiger partial charge is 0.407 e. The summed E-state index contributed by atoms with van der Waals surface area (Å²) in [5.74, 6) is -2.01. The van der Waals surface area contributed by atoms with E-state index in [1.165, 1.54) is 16.0 Å². The quantitative estimate of drug-likeness (QED) is 0.660. The van der Waals surface area contributed by atoms with E-state index in [4.69, 9.17) is 9.47 Å². The number of nitrogens with zero attached hydrogens (tertiary/aromatic N) is 1. The highest BCUT2D eigenvalue weighted by Crippen LogP contribution is 2.44. The maximum Gasteiger partial charge on any atom is 0.407 e. The van der Waals surface area contributed by atoms with E-state index in [1.807, 2.05) is 24.3 Å². The molecule has 2 fully saturated rings. The summed E-state index contributed by atoms with van der Waals surface area (Å²) >= 11 is 0. The number of ether oxygens (including phenoxy) is 2. The van der Waals surface area contributed by atoms with Crippen LogP contribution in [-0.4, -0.2) is 66.9 Å². The Morgan fingerprint density at radius 1 is 1.03 bits per heavy atom. The van der Waals surface area contributed by atoms with Crippen molar-refractivity contribution in [2.45, 2.75) is 37.3 Å². The number of fused-ring (bicyclic) bond motifs is 3. The van der Waals surface area contributed by atoms with Crippen LogP contribution in [0.1, 0.15) is 36.3 Å². The largest absolute Gasteiger partial charge is 0.481 e. The topological polar surface area (TPSA) is 105 Å². The molecule has 2 aromatic carbocycles. The molecule has 0 aromatic heterocycles. The van der Waals surface area contributed by atoms with Crippen molar-refractivity contribution >= 4 is 18.0 Å². The molecule has 0 radical (unpaired) electrons. The third-order valence-electron chi connectivity index (χ3n) is 7.66. The molecule has 0 bridgehead atoms. The van der Waals surface area contributed by atoms with Gasteiger partial charge >= 0.3 is 12.1 Å². The molecule has 1 heterocycles. The lowest BCUT2D eigenvalue weighted by molar-refractivity contribution is -0.145. The highest BCUT2D eigenvalue weighted by molar-refractivity contribution is 5.81. The van der Waals surface area contributed by atoms with Gasteiger partial charge in [-0.2, -0.15) is 0 Å². The Morgan fingerprint density at radius 2 is 1.69 bits per heavy atom. The fourth-order valence-electron chi connectivity index (χ4n) is 5.76. The number of rotatable bonds is 6. The molecule has 3 aliphatic rings. The van der Waals surface area contributed by atoms with Crippen LogP contribution in [0.3, 0.4) is 0 Å². The summed E-state index contributed by atoms with van der Waals surface area (Å²) < 4.78 is 10.9. The highest BCUT2D eigenvalue weighted by atomic mass is 16.5. The molecule has 2 amide bonds. The number of carboxylic acid groups (broad SMARTS) is 1.